The molecule has 1 amide bonds. The van der Waals surface area contributed by atoms with Crippen molar-refractivity contribution in [3.8, 4) is 0 Å². The first-order valence-corrected chi connectivity index (χ1v) is 6.99. The number of carbonyl (C=O) groups is 1. The molecule has 0 aliphatic rings. The summed E-state index contributed by atoms with van der Waals surface area (Å²) in [5.41, 5.74) is -0.168. The summed E-state index contributed by atoms with van der Waals surface area (Å²) in [6, 6.07) is 5.11. The van der Waals surface area contributed by atoms with E-state index in [-0.39, 0.29) is 18.2 Å². The van der Waals surface area contributed by atoms with Crippen molar-refractivity contribution in [1.29, 1.82) is 0 Å². The summed E-state index contributed by atoms with van der Waals surface area (Å²) >= 11 is 0. The van der Waals surface area contributed by atoms with Gasteiger partial charge in [-0.15, -0.1) is 0 Å². The number of carbonyl (C=O) groups excluding carboxylic acids is 1. The van der Waals surface area contributed by atoms with Crippen molar-refractivity contribution in [3.63, 3.8) is 0 Å². The molecule has 0 aliphatic heterocycles. The van der Waals surface area contributed by atoms with Crippen molar-refractivity contribution in [3.05, 3.63) is 35.4 Å². The minimum absolute atomic E-state index is 0.148. The lowest BCUT2D eigenvalue weighted by molar-refractivity contribution is -0.137. The molecule has 1 rings (SSSR count). The lowest BCUT2D eigenvalue weighted by atomic mass is 9.98. The number of likely N-dealkylation sites (N-methyl/N-ethyl adjacent to an activating group) is 1. The molecule has 0 aliphatic carbocycles. The molecule has 1 atom stereocenters. The summed E-state index contributed by atoms with van der Waals surface area (Å²) in [5, 5.41) is 5.84. The quantitative estimate of drug-likeness (QED) is 0.760. The molecule has 1 aromatic carbocycles. The zero-order valence-corrected chi connectivity index (χ0v) is 12.3. The first-order valence-electron chi connectivity index (χ1n) is 6.99. The Morgan fingerprint density at radius 2 is 2.00 bits per heavy atom. The third kappa shape index (κ3) is 6.16. The first kappa shape index (κ1) is 17.5. The minimum Gasteiger partial charge on any atom is -0.355 e. The monoisotopic (exact) mass is 302 g/mol. The van der Waals surface area contributed by atoms with E-state index in [2.05, 4.69) is 10.6 Å². The zero-order chi connectivity index (χ0) is 15.9. The standard InChI is InChI=1S/C15H21F3N2O/c1-3-19-7-8-20-14(21)11(2)9-12-5-4-6-13(10-12)15(16,17)18/h4-6,10-11,19H,3,7-9H2,1-2H3,(H,20,21). The van der Waals surface area contributed by atoms with Gasteiger partial charge in [0.25, 0.3) is 0 Å². The van der Waals surface area contributed by atoms with Crippen LogP contribution in [0.5, 0.6) is 0 Å². The van der Waals surface area contributed by atoms with E-state index in [9.17, 15) is 18.0 Å². The maximum Gasteiger partial charge on any atom is 0.416 e. The molecule has 2 N–H and O–H groups in total. The Labute approximate surface area is 122 Å². The normalized spacial score (nSPS) is 13.0. The second kappa shape index (κ2) is 8.02. The first-order chi connectivity index (χ1) is 9.84. The lowest BCUT2D eigenvalue weighted by Gasteiger charge is -2.14. The summed E-state index contributed by atoms with van der Waals surface area (Å²) in [6.45, 7) is 5.70. The highest BCUT2D eigenvalue weighted by atomic mass is 19.4. The number of halogens is 3. The van der Waals surface area contributed by atoms with E-state index >= 15 is 0 Å². The molecule has 0 saturated heterocycles. The summed E-state index contributed by atoms with van der Waals surface area (Å²) in [6.07, 6.45) is -4.07. The second-order valence-corrected chi connectivity index (χ2v) is 4.95. The third-order valence-corrected chi connectivity index (χ3v) is 3.09. The molecule has 0 heterocycles. The molecule has 6 heteroatoms. The van der Waals surface area contributed by atoms with Crippen LogP contribution < -0.4 is 10.6 Å². The second-order valence-electron chi connectivity index (χ2n) is 4.95. The van der Waals surface area contributed by atoms with Crippen molar-refractivity contribution in [2.45, 2.75) is 26.4 Å². The van der Waals surface area contributed by atoms with Crippen molar-refractivity contribution in [2.75, 3.05) is 19.6 Å². The van der Waals surface area contributed by atoms with Crippen LogP contribution in [0.1, 0.15) is 25.0 Å². The highest BCUT2D eigenvalue weighted by Gasteiger charge is 2.30. The van der Waals surface area contributed by atoms with Crippen LogP contribution >= 0.6 is 0 Å². The predicted molar refractivity (Wildman–Crippen MR) is 75.9 cm³/mol. The van der Waals surface area contributed by atoms with Crippen LogP contribution in [0.25, 0.3) is 0 Å². The summed E-state index contributed by atoms with van der Waals surface area (Å²) in [7, 11) is 0. The zero-order valence-electron chi connectivity index (χ0n) is 12.3. The van der Waals surface area contributed by atoms with E-state index in [0.717, 1.165) is 18.7 Å². The molecule has 0 spiro atoms. The molecule has 1 aromatic rings. The summed E-state index contributed by atoms with van der Waals surface area (Å²) in [4.78, 5) is 11.8. The SMILES string of the molecule is CCNCCNC(=O)C(C)Cc1cccc(C(F)(F)F)c1. The summed E-state index contributed by atoms with van der Waals surface area (Å²) in [5.74, 6) is -0.513. The number of hydrogen-bond donors (Lipinski definition) is 2. The maximum absolute atomic E-state index is 12.6. The average molecular weight is 302 g/mol. The molecule has 0 saturated carbocycles. The number of hydrogen-bond acceptors (Lipinski definition) is 2. The molecule has 118 valence electrons. The van der Waals surface area contributed by atoms with Crippen molar-refractivity contribution >= 4 is 5.91 Å². The highest BCUT2D eigenvalue weighted by molar-refractivity contribution is 5.78. The van der Waals surface area contributed by atoms with Crippen LogP contribution in [0.3, 0.4) is 0 Å². The van der Waals surface area contributed by atoms with E-state index in [0.29, 0.717) is 18.7 Å². The van der Waals surface area contributed by atoms with Gasteiger partial charge < -0.3 is 10.6 Å². The smallest absolute Gasteiger partial charge is 0.355 e. The number of rotatable bonds is 7. The van der Waals surface area contributed by atoms with Crippen LogP contribution in [0.2, 0.25) is 0 Å². The molecule has 0 aromatic heterocycles. The van der Waals surface area contributed by atoms with Gasteiger partial charge in [-0.05, 0) is 24.6 Å². The molecule has 3 nitrogen and oxygen atoms in total. The molecule has 0 radical (unpaired) electrons. The number of nitrogens with one attached hydrogen (secondary N) is 2. The van der Waals surface area contributed by atoms with Gasteiger partial charge in [0.15, 0.2) is 0 Å². The number of benzene rings is 1. The van der Waals surface area contributed by atoms with Crippen molar-refractivity contribution < 1.29 is 18.0 Å². The molecule has 21 heavy (non-hydrogen) atoms. The van der Waals surface area contributed by atoms with E-state index in [4.69, 9.17) is 0 Å². The molecule has 0 bridgehead atoms. The third-order valence-electron chi connectivity index (χ3n) is 3.09. The fourth-order valence-corrected chi connectivity index (χ4v) is 1.95. The Morgan fingerprint density at radius 3 is 2.62 bits per heavy atom. The number of amides is 1. The van der Waals surface area contributed by atoms with E-state index in [1.807, 2.05) is 6.92 Å². The highest BCUT2D eigenvalue weighted by Crippen LogP contribution is 2.29. The predicted octanol–water partition coefficient (Wildman–Crippen LogP) is 2.61. The van der Waals surface area contributed by atoms with Crippen LogP contribution in [0.15, 0.2) is 24.3 Å². The van der Waals surface area contributed by atoms with E-state index in [1.54, 1.807) is 13.0 Å². The topological polar surface area (TPSA) is 41.1 Å². The van der Waals surface area contributed by atoms with E-state index in [1.165, 1.54) is 6.07 Å². The Bertz CT molecular complexity index is 460. The van der Waals surface area contributed by atoms with Gasteiger partial charge >= 0.3 is 6.18 Å². The maximum atomic E-state index is 12.6. The van der Waals surface area contributed by atoms with Crippen LogP contribution in [0, 0.1) is 5.92 Å². The Kier molecular flexibility index (Phi) is 6.68. The fraction of sp³-hybridized carbons (Fsp3) is 0.533. The lowest BCUT2D eigenvalue weighted by Crippen LogP contribution is -2.35. The molecule has 1 unspecified atom stereocenters. The molecular weight excluding hydrogens is 281 g/mol. The minimum atomic E-state index is -4.35. The number of alkyl halides is 3. The Hall–Kier alpha value is -1.56. The van der Waals surface area contributed by atoms with Gasteiger partial charge in [-0.2, -0.15) is 13.2 Å². The van der Waals surface area contributed by atoms with Crippen molar-refractivity contribution in [1.82, 2.24) is 10.6 Å². The Balaban J connectivity index is 2.54. The van der Waals surface area contributed by atoms with Gasteiger partial charge in [0.05, 0.1) is 5.56 Å². The average Bonchev–Trinajstić information content (AvgIpc) is 2.42. The molecular formula is C15H21F3N2O. The van der Waals surface area contributed by atoms with Gasteiger partial charge in [-0.25, -0.2) is 0 Å². The van der Waals surface area contributed by atoms with Crippen LogP contribution in [-0.4, -0.2) is 25.5 Å². The molecule has 0 fully saturated rings. The van der Waals surface area contributed by atoms with E-state index < -0.39 is 11.7 Å². The largest absolute Gasteiger partial charge is 0.416 e. The van der Waals surface area contributed by atoms with Crippen molar-refractivity contribution in [2.24, 2.45) is 5.92 Å². The van der Waals surface area contributed by atoms with Crippen LogP contribution in [0.4, 0.5) is 13.2 Å². The van der Waals surface area contributed by atoms with Gasteiger partial charge in [0.2, 0.25) is 5.91 Å². The van der Waals surface area contributed by atoms with Gasteiger partial charge in [-0.1, -0.05) is 32.0 Å². The van der Waals surface area contributed by atoms with Crippen LogP contribution in [-0.2, 0) is 17.4 Å². The Morgan fingerprint density at radius 1 is 1.29 bits per heavy atom. The van der Waals surface area contributed by atoms with Gasteiger partial charge in [-0.3, -0.25) is 4.79 Å². The summed E-state index contributed by atoms with van der Waals surface area (Å²) < 4.78 is 37.9. The van der Waals surface area contributed by atoms with Gasteiger partial charge in [0.1, 0.15) is 0 Å². The fourth-order valence-electron chi connectivity index (χ4n) is 1.95. The van der Waals surface area contributed by atoms with Gasteiger partial charge in [0, 0.05) is 19.0 Å².